The summed E-state index contributed by atoms with van der Waals surface area (Å²) >= 11 is 0. The minimum absolute atomic E-state index is 0.116. The zero-order valence-electron chi connectivity index (χ0n) is 18.4. The number of carbonyl (C=O) groups is 2. The molecule has 0 spiro atoms. The summed E-state index contributed by atoms with van der Waals surface area (Å²) in [4.78, 5) is 28.1. The molecule has 1 N–H and O–H groups in total. The summed E-state index contributed by atoms with van der Waals surface area (Å²) in [5.41, 5.74) is 2.20. The van der Waals surface area contributed by atoms with Crippen molar-refractivity contribution < 1.29 is 18.0 Å². The minimum atomic E-state index is -3.65. The molecule has 0 aliphatic carbocycles. The molecule has 2 aromatic rings. The molecule has 1 aliphatic heterocycles. The topological polar surface area (TPSA) is 86.8 Å². The van der Waals surface area contributed by atoms with Gasteiger partial charge < -0.3 is 5.32 Å². The number of rotatable bonds is 6. The van der Waals surface area contributed by atoms with Gasteiger partial charge in [-0.05, 0) is 37.5 Å². The molecule has 1 unspecified atom stereocenters. The number of para-hydroxylation sites is 1. The molecule has 0 bridgehead atoms. The Morgan fingerprint density at radius 2 is 1.77 bits per heavy atom. The van der Waals surface area contributed by atoms with Gasteiger partial charge in [-0.1, -0.05) is 55.0 Å². The summed E-state index contributed by atoms with van der Waals surface area (Å²) in [6, 6.07) is 15.2. The molecule has 8 heteroatoms. The highest BCUT2D eigenvalue weighted by atomic mass is 32.2. The number of hydrogen-bond donors (Lipinski definition) is 1. The molecule has 1 saturated heterocycles. The van der Waals surface area contributed by atoms with E-state index in [9.17, 15) is 18.0 Å². The molecule has 166 valence electrons. The van der Waals surface area contributed by atoms with Gasteiger partial charge in [-0.15, -0.1) is 0 Å². The Hall–Kier alpha value is -2.71. The average Bonchev–Trinajstić information content (AvgIpc) is 2.72. The quantitative estimate of drug-likeness (QED) is 0.742. The monoisotopic (exact) mass is 443 g/mol. The first-order chi connectivity index (χ1) is 14.6. The van der Waals surface area contributed by atoms with Crippen LogP contribution in [0.15, 0.2) is 48.5 Å². The smallest absolute Gasteiger partial charge is 0.247 e. The van der Waals surface area contributed by atoms with Crippen molar-refractivity contribution in [3.63, 3.8) is 0 Å². The molecule has 2 amide bonds. The second-order valence-electron chi connectivity index (χ2n) is 8.18. The molecule has 1 fully saturated rings. The zero-order chi connectivity index (χ0) is 22.8. The molecule has 1 atom stereocenters. The lowest BCUT2D eigenvalue weighted by Crippen LogP contribution is -2.70. The molecule has 0 radical (unpaired) electrons. The fourth-order valence-corrected chi connectivity index (χ4v) is 4.71. The number of benzene rings is 2. The maximum atomic E-state index is 13.4. The third-order valence-corrected chi connectivity index (χ3v) is 6.88. The van der Waals surface area contributed by atoms with E-state index < -0.39 is 27.4 Å². The molecule has 1 aliphatic rings. The fourth-order valence-electron chi connectivity index (χ4n) is 3.88. The fraction of sp³-hybridized carbons (Fsp3) is 0.391. The van der Waals surface area contributed by atoms with Crippen molar-refractivity contribution in [2.75, 3.05) is 24.2 Å². The number of carbonyl (C=O) groups excluding carboxylic acids is 2. The standard InChI is InChI=1S/C23H29N3O4S/c1-5-19-8-6-7-9-20(19)26-21(27)15-25(31(4,29)30)16-23(26,3)22(28)24-14-18-12-10-17(2)11-13-18/h6-13H,5,14-16H2,1-4H3,(H,24,28). The lowest BCUT2D eigenvalue weighted by Gasteiger charge is -2.47. The van der Waals surface area contributed by atoms with Crippen molar-refractivity contribution in [3.8, 4) is 0 Å². The third-order valence-electron chi connectivity index (χ3n) is 5.68. The first-order valence-electron chi connectivity index (χ1n) is 10.3. The number of nitrogens with zero attached hydrogens (tertiary/aromatic N) is 2. The molecule has 2 aromatic carbocycles. The average molecular weight is 444 g/mol. The highest BCUT2D eigenvalue weighted by Gasteiger charge is 2.50. The Labute approximate surface area is 184 Å². The largest absolute Gasteiger partial charge is 0.350 e. The van der Waals surface area contributed by atoms with E-state index >= 15 is 0 Å². The molecule has 31 heavy (non-hydrogen) atoms. The Morgan fingerprint density at radius 3 is 2.39 bits per heavy atom. The van der Waals surface area contributed by atoms with Crippen molar-refractivity contribution in [1.29, 1.82) is 0 Å². The van der Waals surface area contributed by atoms with E-state index in [0.29, 0.717) is 12.1 Å². The van der Waals surface area contributed by atoms with E-state index in [4.69, 9.17) is 0 Å². The summed E-state index contributed by atoms with van der Waals surface area (Å²) in [5.74, 6) is -0.828. The van der Waals surface area contributed by atoms with Crippen LogP contribution in [0.3, 0.4) is 0 Å². The summed E-state index contributed by atoms with van der Waals surface area (Å²) in [7, 11) is -3.65. The summed E-state index contributed by atoms with van der Waals surface area (Å²) in [6.45, 7) is 5.46. The van der Waals surface area contributed by atoms with Crippen molar-refractivity contribution in [2.45, 2.75) is 39.3 Å². The number of amides is 2. The van der Waals surface area contributed by atoms with Gasteiger partial charge in [0.2, 0.25) is 21.8 Å². The van der Waals surface area contributed by atoms with E-state index in [2.05, 4.69) is 5.32 Å². The van der Waals surface area contributed by atoms with Gasteiger partial charge >= 0.3 is 0 Å². The molecular formula is C23H29N3O4S. The van der Waals surface area contributed by atoms with Crippen LogP contribution in [-0.2, 0) is 32.6 Å². The molecule has 1 heterocycles. The third kappa shape index (κ3) is 4.80. The van der Waals surface area contributed by atoms with Crippen LogP contribution in [0, 0.1) is 6.92 Å². The van der Waals surface area contributed by atoms with Crippen molar-refractivity contribution in [1.82, 2.24) is 9.62 Å². The van der Waals surface area contributed by atoms with Crippen molar-refractivity contribution in [3.05, 3.63) is 65.2 Å². The maximum Gasteiger partial charge on any atom is 0.247 e. The number of sulfonamides is 1. The van der Waals surface area contributed by atoms with Crippen LogP contribution in [0.2, 0.25) is 0 Å². The Kier molecular flexibility index (Phi) is 6.52. The lowest BCUT2D eigenvalue weighted by atomic mass is 9.93. The lowest BCUT2D eigenvalue weighted by molar-refractivity contribution is -0.133. The normalized spacial score (nSPS) is 20.0. The van der Waals surface area contributed by atoms with Gasteiger partial charge in [0.1, 0.15) is 5.54 Å². The SMILES string of the molecule is CCc1ccccc1N1C(=O)CN(S(C)(=O)=O)CC1(C)C(=O)NCc1ccc(C)cc1. The number of hydrogen-bond acceptors (Lipinski definition) is 4. The van der Waals surface area contributed by atoms with Gasteiger partial charge in [-0.25, -0.2) is 8.42 Å². The summed E-state index contributed by atoms with van der Waals surface area (Å²) in [6.07, 6.45) is 1.73. The Morgan fingerprint density at radius 1 is 1.13 bits per heavy atom. The number of anilines is 1. The highest BCUT2D eigenvalue weighted by molar-refractivity contribution is 7.88. The zero-order valence-corrected chi connectivity index (χ0v) is 19.2. The highest BCUT2D eigenvalue weighted by Crippen LogP contribution is 2.33. The predicted molar refractivity (Wildman–Crippen MR) is 121 cm³/mol. The molecule has 7 nitrogen and oxygen atoms in total. The first kappa shape index (κ1) is 23.0. The number of piperazine rings is 1. The first-order valence-corrected chi connectivity index (χ1v) is 12.1. The Balaban J connectivity index is 1.98. The van der Waals surface area contributed by atoms with Gasteiger partial charge in [-0.3, -0.25) is 14.5 Å². The van der Waals surface area contributed by atoms with Crippen LogP contribution in [0.4, 0.5) is 5.69 Å². The molecule has 0 saturated carbocycles. The van der Waals surface area contributed by atoms with Crippen LogP contribution >= 0.6 is 0 Å². The number of aryl methyl sites for hydroxylation is 2. The van der Waals surface area contributed by atoms with Gasteiger partial charge in [0.15, 0.2) is 0 Å². The molecular weight excluding hydrogens is 414 g/mol. The minimum Gasteiger partial charge on any atom is -0.350 e. The van der Waals surface area contributed by atoms with Crippen molar-refractivity contribution >= 4 is 27.5 Å². The summed E-state index contributed by atoms with van der Waals surface area (Å²) < 4.78 is 25.6. The van der Waals surface area contributed by atoms with Crippen LogP contribution in [0.25, 0.3) is 0 Å². The van der Waals surface area contributed by atoms with E-state index in [1.165, 1.54) is 4.90 Å². The van der Waals surface area contributed by atoms with Gasteiger partial charge in [0.05, 0.1) is 12.8 Å². The molecule has 0 aromatic heterocycles. The van der Waals surface area contributed by atoms with Gasteiger partial charge in [0.25, 0.3) is 0 Å². The molecule has 3 rings (SSSR count). The van der Waals surface area contributed by atoms with Gasteiger partial charge in [-0.2, -0.15) is 4.31 Å². The van der Waals surface area contributed by atoms with Crippen LogP contribution in [-0.4, -0.2) is 49.4 Å². The second kappa shape index (κ2) is 8.80. The maximum absolute atomic E-state index is 13.4. The second-order valence-corrected chi connectivity index (χ2v) is 10.2. The van der Waals surface area contributed by atoms with Crippen LogP contribution in [0.1, 0.15) is 30.5 Å². The van der Waals surface area contributed by atoms with Crippen molar-refractivity contribution in [2.24, 2.45) is 0 Å². The van der Waals surface area contributed by atoms with E-state index in [0.717, 1.165) is 27.3 Å². The van der Waals surface area contributed by atoms with E-state index in [1.807, 2.05) is 56.3 Å². The Bertz CT molecular complexity index is 1080. The van der Waals surface area contributed by atoms with Crippen LogP contribution < -0.4 is 10.2 Å². The predicted octanol–water partition coefficient (Wildman–Crippen LogP) is 2.24. The van der Waals surface area contributed by atoms with E-state index in [-0.39, 0.29) is 19.6 Å². The van der Waals surface area contributed by atoms with Gasteiger partial charge in [0, 0.05) is 18.8 Å². The van der Waals surface area contributed by atoms with Crippen LogP contribution in [0.5, 0.6) is 0 Å². The summed E-state index contributed by atoms with van der Waals surface area (Å²) in [5, 5.41) is 2.90. The number of nitrogens with one attached hydrogen (secondary N) is 1. The van der Waals surface area contributed by atoms with E-state index in [1.54, 1.807) is 13.0 Å².